The lowest BCUT2D eigenvalue weighted by atomic mass is 10.0. The Morgan fingerprint density at radius 1 is 1.36 bits per heavy atom. The number of halogens is 1. The summed E-state index contributed by atoms with van der Waals surface area (Å²) in [7, 11) is 0. The molecule has 0 aliphatic carbocycles. The SMILES string of the molecule is OCC1CCCCN1CCc1nc(-c2cccc(Cl)c2)no1. The lowest BCUT2D eigenvalue weighted by Crippen LogP contribution is -2.42. The van der Waals surface area contributed by atoms with E-state index in [2.05, 4.69) is 15.0 Å². The van der Waals surface area contributed by atoms with Crippen LogP contribution >= 0.6 is 11.6 Å². The van der Waals surface area contributed by atoms with Crippen LogP contribution in [0.5, 0.6) is 0 Å². The topological polar surface area (TPSA) is 62.4 Å². The zero-order valence-electron chi connectivity index (χ0n) is 12.4. The van der Waals surface area contributed by atoms with Gasteiger partial charge in [0.1, 0.15) is 0 Å². The molecule has 0 bridgehead atoms. The summed E-state index contributed by atoms with van der Waals surface area (Å²) in [6.45, 7) is 2.08. The number of likely N-dealkylation sites (tertiary alicyclic amines) is 1. The van der Waals surface area contributed by atoms with E-state index in [1.807, 2.05) is 24.3 Å². The predicted molar refractivity (Wildman–Crippen MR) is 84.7 cm³/mol. The Kier molecular flexibility index (Phi) is 5.08. The third-order valence-electron chi connectivity index (χ3n) is 4.12. The van der Waals surface area contributed by atoms with Gasteiger partial charge in [-0.1, -0.05) is 35.3 Å². The van der Waals surface area contributed by atoms with Gasteiger partial charge in [0, 0.05) is 29.6 Å². The molecule has 1 saturated heterocycles. The maximum Gasteiger partial charge on any atom is 0.228 e. The number of aliphatic hydroxyl groups excluding tert-OH is 1. The standard InChI is InChI=1S/C16H20ClN3O2/c17-13-5-3-4-12(10-13)16-18-15(22-19-16)7-9-20-8-2-1-6-14(20)11-21/h3-5,10,14,21H,1-2,6-9,11H2. The minimum absolute atomic E-state index is 0.220. The molecule has 5 nitrogen and oxygen atoms in total. The van der Waals surface area contributed by atoms with E-state index >= 15 is 0 Å². The van der Waals surface area contributed by atoms with Gasteiger partial charge in [-0.15, -0.1) is 0 Å². The molecule has 118 valence electrons. The second kappa shape index (κ2) is 7.22. The monoisotopic (exact) mass is 321 g/mol. The molecule has 0 spiro atoms. The number of hydrogen-bond acceptors (Lipinski definition) is 5. The largest absolute Gasteiger partial charge is 0.395 e. The summed E-state index contributed by atoms with van der Waals surface area (Å²) >= 11 is 5.98. The summed E-state index contributed by atoms with van der Waals surface area (Å²) in [6, 6.07) is 7.68. The summed E-state index contributed by atoms with van der Waals surface area (Å²) in [6.07, 6.45) is 4.15. The Hall–Kier alpha value is -1.43. The Labute approximate surface area is 134 Å². The van der Waals surface area contributed by atoms with Crippen molar-refractivity contribution in [2.45, 2.75) is 31.7 Å². The van der Waals surface area contributed by atoms with E-state index in [1.54, 1.807) is 0 Å². The zero-order valence-corrected chi connectivity index (χ0v) is 13.2. The van der Waals surface area contributed by atoms with Gasteiger partial charge >= 0.3 is 0 Å². The number of aliphatic hydroxyl groups is 1. The number of nitrogens with zero attached hydrogens (tertiary/aromatic N) is 3. The molecule has 1 aromatic heterocycles. The molecule has 3 rings (SSSR count). The van der Waals surface area contributed by atoms with E-state index in [1.165, 1.54) is 12.8 Å². The average molecular weight is 322 g/mol. The van der Waals surface area contributed by atoms with E-state index in [4.69, 9.17) is 16.1 Å². The highest BCUT2D eigenvalue weighted by Crippen LogP contribution is 2.21. The first-order chi connectivity index (χ1) is 10.8. The van der Waals surface area contributed by atoms with Crippen molar-refractivity contribution < 1.29 is 9.63 Å². The first kappa shape index (κ1) is 15.5. The van der Waals surface area contributed by atoms with Crippen molar-refractivity contribution in [3.8, 4) is 11.4 Å². The molecule has 0 amide bonds. The molecule has 22 heavy (non-hydrogen) atoms. The Bertz CT molecular complexity index is 617. The molecule has 1 unspecified atom stereocenters. The number of aromatic nitrogens is 2. The lowest BCUT2D eigenvalue weighted by Gasteiger charge is -2.34. The van der Waals surface area contributed by atoms with Crippen molar-refractivity contribution in [3.05, 3.63) is 35.2 Å². The molecule has 1 N–H and O–H groups in total. The van der Waals surface area contributed by atoms with Crippen LogP contribution in [-0.4, -0.2) is 45.9 Å². The molecule has 1 aliphatic rings. The van der Waals surface area contributed by atoms with Crippen molar-refractivity contribution >= 4 is 11.6 Å². The van der Waals surface area contributed by atoms with Crippen LogP contribution < -0.4 is 0 Å². The average Bonchev–Trinajstić information content (AvgIpc) is 3.02. The molecule has 1 aromatic carbocycles. The maximum atomic E-state index is 9.43. The van der Waals surface area contributed by atoms with Gasteiger partial charge in [-0.3, -0.25) is 4.90 Å². The quantitative estimate of drug-likeness (QED) is 0.917. The fraction of sp³-hybridized carbons (Fsp3) is 0.500. The van der Waals surface area contributed by atoms with Gasteiger partial charge in [0.25, 0.3) is 0 Å². The fourth-order valence-electron chi connectivity index (χ4n) is 2.90. The number of rotatable bonds is 5. The van der Waals surface area contributed by atoms with Gasteiger partial charge in [0.15, 0.2) is 0 Å². The summed E-state index contributed by atoms with van der Waals surface area (Å²) < 4.78 is 5.33. The molecule has 2 heterocycles. The molecule has 0 radical (unpaired) electrons. The molecular weight excluding hydrogens is 302 g/mol. The van der Waals surface area contributed by atoms with E-state index in [0.29, 0.717) is 23.2 Å². The van der Waals surface area contributed by atoms with Gasteiger partial charge in [-0.05, 0) is 31.5 Å². The van der Waals surface area contributed by atoms with Crippen molar-refractivity contribution in [3.63, 3.8) is 0 Å². The summed E-state index contributed by atoms with van der Waals surface area (Å²) in [5.74, 6) is 1.19. The third-order valence-corrected chi connectivity index (χ3v) is 4.36. The molecule has 0 saturated carbocycles. The van der Waals surface area contributed by atoms with Crippen LogP contribution in [0.15, 0.2) is 28.8 Å². The van der Waals surface area contributed by atoms with Crippen molar-refractivity contribution in [1.82, 2.24) is 15.0 Å². The van der Waals surface area contributed by atoms with Gasteiger partial charge in [-0.25, -0.2) is 0 Å². The molecule has 6 heteroatoms. The van der Waals surface area contributed by atoms with Crippen LogP contribution in [0.25, 0.3) is 11.4 Å². The molecule has 1 fully saturated rings. The van der Waals surface area contributed by atoms with E-state index in [-0.39, 0.29) is 12.6 Å². The molecular formula is C16H20ClN3O2. The highest BCUT2D eigenvalue weighted by Gasteiger charge is 2.22. The normalized spacial score (nSPS) is 19.5. The molecule has 1 atom stereocenters. The first-order valence-corrected chi connectivity index (χ1v) is 8.07. The molecule has 1 aliphatic heterocycles. The second-order valence-electron chi connectivity index (χ2n) is 5.64. The van der Waals surface area contributed by atoms with Crippen molar-refractivity contribution in [2.24, 2.45) is 0 Å². The number of hydrogen-bond donors (Lipinski definition) is 1. The fourth-order valence-corrected chi connectivity index (χ4v) is 3.09. The van der Waals surface area contributed by atoms with E-state index in [0.717, 1.165) is 25.1 Å². The van der Waals surface area contributed by atoms with Crippen molar-refractivity contribution in [1.29, 1.82) is 0 Å². The Morgan fingerprint density at radius 3 is 3.09 bits per heavy atom. The van der Waals surface area contributed by atoms with Gasteiger partial charge in [-0.2, -0.15) is 4.98 Å². The van der Waals surface area contributed by atoms with Crippen LogP contribution in [0.2, 0.25) is 5.02 Å². The van der Waals surface area contributed by atoms with E-state index in [9.17, 15) is 5.11 Å². The van der Waals surface area contributed by atoms with E-state index < -0.39 is 0 Å². The van der Waals surface area contributed by atoms with Crippen LogP contribution in [0, 0.1) is 0 Å². The minimum atomic E-state index is 0.220. The summed E-state index contributed by atoms with van der Waals surface area (Å²) in [4.78, 5) is 6.74. The third kappa shape index (κ3) is 3.66. The second-order valence-corrected chi connectivity index (χ2v) is 6.08. The highest BCUT2D eigenvalue weighted by atomic mass is 35.5. The van der Waals surface area contributed by atoms with Crippen LogP contribution in [0.4, 0.5) is 0 Å². The number of piperidine rings is 1. The smallest absolute Gasteiger partial charge is 0.228 e. The first-order valence-electron chi connectivity index (χ1n) is 7.69. The Balaban J connectivity index is 1.62. The highest BCUT2D eigenvalue weighted by molar-refractivity contribution is 6.30. The summed E-state index contributed by atoms with van der Waals surface area (Å²) in [5, 5.41) is 14.1. The predicted octanol–water partition coefficient (Wildman–Crippen LogP) is 2.78. The van der Waals surface area contributed by atoms with Crippen LogP contribution in [0.1, 0.15) is 25.2 Å². The van der Waals surface area contributed by atoms with Gasteiger partial charge in [0.05, 0.1) is 6.61 Å². The lowest BCUT2D eigenvalue weighted by molar-refractivity contribution is 0.0893. The summed E-state index contributed by atoms with van der Waals surface area (Å²) in [5.41, 5.74) is 0.855. The minimum Gasteiger partial charge on any atom is -0.395 e. The molecule has 2 aromatic rings. The van der Waals surface area contributed by atoms with Gasteiger partial charge in [0.2, 0.25) is 11.7 Å². The Morgan fingerprint density at radius 2 is 2.27 bits per heavy atom. The van der Waals surface area contributed by atoms with Crippen molar-refractivity contribution in [2.75, 3.05) is 19.7 Å². The van der Waals surface area contributed by atoms with Crippen LogP contribution in [-0.2, 0) is 6.42 Å². The van der Waals surface area contributed by atoms with Crippen LogP contribution in [0.3, 0.4) is 0 Å². The van der Waals surface area contributed by atoms with Gasteiger partial charge < -0.3 is 9.63 Å². The zero-order chi connectivity index (χ0) is 15.4. The maximum absolute atomic E-state index is 9.43. The number of benzene rings is 1.